The van der Waals surface area contributed by atoms with Gasteiger partial charge in [-0.3, -0.25) is 4.79 Å². The van der Waals surface area contributed by atoms with E-state index in [0.717, 1.165) is 21.9 Å². The van der Waals surface area contributed by atoms with E-state index in [1.807, 2.05) is 36.4 Å². The number of halogens is 1. The van der Waals surface area contributed by atoms with Gasteiger partial charge in [0.2, 0.25) is 0 Å². The zero-order chi connectivity index (χ0) is 11.5. The van der Waals surface area contributed by atoms with Gasteiger partial charge in [0.25, 0.3) is 0 Å². The average molecular weight is 235 g/mol. The lowest BCUT2D eigenvalue weighted by Gasteiger charge is -2.05. The van der Waals surface area contributed by atoms with E-state index < -0.39 is 5.97 Å². The molecule has 0 aliphatic carbocycles. The van der Waals surface area contributed by atoms with Crippen molar-refractivity contribution in [2.75, 3.05) is 0 Å². The van der Waals surface area contributed by atoms with E-state index in [2.05, 4.69) is 0 Å². The number of alkyl halides is 1. The predicted octanol–water partition coefficient (Wildman–Crippen LogP) is 3.21. The van der Waals surface area contributed by atoms with E-state index in [1.165, 1.54) is 0 Å². The second-order valence-electron chi connectivity index (χ2n) is 3.68. The van der Waals surface area contributed by atoms with Crippen molar-refractivity contribution in [2.45, 2.75) is 12.3 Å². The highest BCUT2D eigenvalue weighted by atomic mass is 35.5. The van der Waals surface area contributed by atoms with Crippen LogP contribution in [0.1, 0.15) is 11.1 Å². The Labute approximate surface area is 98.5 Å². The molecule has 0 radical (unpaired) electrons. The average Bonchev–Trinajstić information content (AvgIpc) is 2.27. The summed E-state index contributed by atoms with van der Waals surface area (Å²) >= 11 is 5.84. The molecule has 1 N–H and O–H groups in total. The maximum absolute atomic E-state index is 10.6. The molecule has 0 fully saturated rings. The van der Waals surface area contributed by atoms with Crippen LogP contribution < -0.4 is 0 Å². The van der Waals surface area contributed by atoms with Crippen molar-refractivity contribution >= 4 is 28.3 Å². The molecule has 0 unspecified atom stereocenters. The van der Waals surface area contributed by atoms with Crippen LogP contribution in [0.4, 0.5) is 0 Å². The van der Waals surface area contributed by atoms with Crippen molar-refractivity contribution < 1.29 is 9.90 Å². The molecular weight excluding hydrogens is 224 g/mol. The van der Waals surface area contributed by atoms with Crippen LogP contribution in [0.3, 0.4) is 0 Å². The van der Waals surface area contributed by atoms with Crippen LogP contribution in [0.15, 0.2) is 36.4 Å². The molecule has 0 bridgehead atoms. The van der Waals surface area contributed by atoms with Gasteiger partial charge in [-0.25, -0.2) is 0 Å². The number of carbonyl (C=O) groups is 1. The molecule has 16 heavy (non-hydrogen) atoms. The van der Waals surface area contributed by atoms with E-state index in [0.29, 0.717) is 5.88 Å². The topological polar surface area (TPSA) is 37.3 Å². The number of carboxylic acids is 1. The molecule has 0 spiro atoms. The number of hydrogen-bond donors (Lipinski definition) is 1. The molecule has 0 aliphatic rings. The van der Waals surface area contributed by atoms with Gasteiger partial charge in [-0.1, -0.05) is 36.4 Å². The fourth-order valence-electron chi connectivity index (χ4n) is 1.80. The third kappa shape index (κ3) is 2.17. The van der Waals surface area contributed by atoms with Gasteiger partial charge >= 0.3 is 5.97 Å². The summed E-state index contributed by atoms with van der Waals surface area (Å²) in [6.07, 6.45) is 0.0566. The Hall–Kier alpha value is -1.54. The molecule has 0 atom stereocenters. The molecule has 0 aliphatic heterocycles. The fraction of sp³-hybridized carbons (Fsp3) is 0.154. The summed E-state index contributed by atoms with van der Waals surface area (Å²) in [7, 11) is 0. The smallest absolute Gasteiger partial charge is 0.307 e. The summed E-state index contributed by atoms with van der Waals surface area (Å²) in [5.74, 6) is -0.344. The van der Waals surface area contributed by atoms with Gasteiger partial charge in [-0.15, -0.1) is 11.6 Å². The van der Waals surface area contributed by atoms with Crippen molar-refractivity contribution in [2.24, 2.45) is 0 Å². The van der Waals surface area contributed by atoms with Crippen LogP contribution in [0, 0.1) is 0 Å². The van der Waals surface area contributed by atoms with Gasteiger partial charge in [0.15, 0.2) is 0 Å². The Bertz CT molecular complexity index is 534. The third-order valence-corrected chi connectivity index (χ3v) is 2.82. The summed E-state index contributed by atoms with van der Waals surface area (Å²) in [6.45, 7) is 0. The van der Waals surface area contributed by atoms with Crippen molar-refractivity contribution in [3.8, 4) is 0 Å². The van der Waals surface area contributed by atoms with Crippen LogP contribution in [-0.2, 0) is 17.1 Å². The Morgan fingerprint density at radius 3 is 2.75 bits per heavy atom. The molecule has 0 heterocycles. The molecule has 0 amide bonds. The molecule has 2 aromatic rings. The maximum atomic E-state index is 10.6. The van der Waals surface area contributed by atoms with E-state index in [9.17, 15) is 4.79 Å². The molecular formula is C13H11ClO2. The zero-order valence-electron chi connectivity index (χ0n) is 8.61. The van der Waals surface area contributed by atoms with E-state index in [4.69, 9.17) is 16.7 Å². The monoisotopic (exact) mass is 234 g/mol. The molecule has 0 saturated heterocycles. The number of benzene rings is 2. The molecule has 2 rings (SSSR count). The Morgan fingerprint density at radius 2 is 2.06 bits per heavy atom. The summed E-state index contributed by atoms with van der Waals surface area (Å²) in [5.41, 5.74) is 1.88. The first-order valence-electron chi connectivity index (χ1n) is 4.99. The summed E-state index contributed by atoms with van der Waals surface area (Å²) in [4.78, 5) is 10.6. The molecule has 0 saturated carbocycles. The van der Waals surface area contributed by atoms with Gasteiger partial charge in [0.05, 0.1) is 6.42 Å². The van der Waals surface area contributed by atoms with Gasteiger partial charge < -0.3 is 5.11 Å². The molecule has 2 aromatic carbocycles. The lowest BCUT2D eigenvalue weighted by atomic mass is 10.0. The number of carboxylic acid groups (broad SMARTS) is 1. The lowest BCUT2D eigenvalue weighted by Crippen LogP contribution is -1.99. The minimum absolute atomic E-state index is 0.0566. The zero-order valence-corrected chi connectivity index (χ0v) is 9.37. The summed E-state index contributed by atoms with van der Waals surface area (Å²) in [5, 5.41) is 10.8. The summed E-state index contributed by atoms with van der Waals surface area (Å²) < 4.78 is 0. The number of rotatable bonds is 3. The minimum Gasteiger partial charge on any atom is -0.481 e. The van der Waals surface area contributed by atoms with Gasteiger partial charge in [-0.05, 0) is 21.9 Å². The SMILES string of the molecule is O=C(O)Cc1ccc2c(CCl)cccc2c1. The normalized spacial score (nSPS) is 10.6. The maximum Gasteiger partial charge on any atom is 0.307 e. The van der Waals surface area contributed by atoms with E-state index >= 15 is 0 Å². The highest BCUT2D eigenvalue weighted by Crippen LogP contribution is 2.21. The minimum atomic E-state index is -0.812. The first kappa shape index (κ1) is 11.0. The molecule has 3 heteroatoms. The number of hydrogen-bond acceptors (Lipinski definition) is 1. The highest BCUT2D eigenvalue weighted by Gasteiger charge is 2.03. The summed E-state index contributed by atoms with van der Waals surface area (Å²) in [6, 6.07) is 11.6. The fourth-order valence-corrected chi connectivity index (χ4v) is 2.03. The second-order valence-corrected chi connectivity index (χ2v) is 3.94. The van der Waals surface area contributed by atoms with Crippen molar-refractivity contribution in [3.05, 3.63) is 47.5 Å². The largest absolute Gasteiger partial charge is 0.481 e. The quantitative estimate of drug-likeness (QED) is 0.828. The van der Waals surface area contributed by atoms with E-state index in [1.54, 1.807) is 0 Å². The second kappa shape index (κ2) is 4.54. The van der Waals surface area contributed by atoms with Gasteiger partial charge in [0.1, 0.15) is 0 Å². The first-order chi connectivity index (χ1) is 7.70. The van der Waals surface area contributed by atoms with Crippen LogP contribution >= 0.6 is 11.6 Å². The van der Waals surface area contributed by atoms with Crippen molar-refractivity contribution in [3.63, 3.8) is 0 Å². The number of aliphatic carboxylic acids is 1. The highest BCUT2D eigenvalue weighted by molar-refractivity contribution is 6.18. The Kier molecular flexibility index (Phi) is 3.11. The Morgan fingerprint density at radius 1 is 1.25 bits per heavy atom. The van der Waals surface area contributed by atoms with Gasteiger partial charge in [-0.2, -0.15) is 0 Å². The Balaban J connectivity index is 2.51. The first-order valence-corrected chi connectivity index (χ1v) is 5.52. The van der Waals surface area contributed by atoms with E-state index in [-0.39, 0.29) is 6.42 Å². The van der Waals surface area contributed by atoms with Gasteiger partial charge in [0, 0.05) is 5.88 Å². The third-order valence-electron chi connectivity index (χ3n) is 2.53. The van der Waals surface area contributed by atoms with Crippen LogP contribution in [0.5, 0.6) is 0 Å². The molecule has 2 nitrogen and oxygen atoms in total. The van der Waals surface area contributed by atoms with Crippen LogP contribution in [0.2, 0.25) is 0 Å². The lowest BCUT2D eigenvalue weighted by molar-refractivity contribution is -0.136. The standard InChI is InChI=1S/C13H11ClO2/c14-8-11-3-1-2-10-6-9(7-13(15)16)4-5-12(10)11/h1-6H,7-8H2,(H,15,16). The number of fused-ring (bicyclic) bond motifs is 1. The van der Waals surface area contributed by atoms with Crippen LogP contribution in [0.25, 0.3) is 10.8 Å². The van der Waals surface area contributed by atoms with Crippen molar-refractivity contribution in [1.29, 1.82) is 0 Å². The molecule has 0 aromatic heterocycles. The predicted molar refractivity (Wildman–Crippen MR) is 64.8 cm³/mol. The van der Waals surface area contributed by atoms with Crippen LogP contribution in [-0.4, -0.2) is 11.1 Å². The van der Waals surface area contributed by atoms with Crippen molar-refractivity contribution in [1.82, 2.24) is 0 Å². The molecule has 82 valence electrons.